The van der Waals surface area contributed by atoms with Gasteiger partial charge in [0.15, 0.2) is 0 Å². The van der Waals surface area contributed by atoms with E-state index < -0.39 is 0 Å². The predicted molar refractivity (Wildman–Crippen MR) is 129 cm³/mol. The molecule has 0 aliphatic carbocycles. The van der Waals surface area contributed by atoms with Gasteiger partial charge >= 0.3 is 0 Å². The van der Waals surface area contributed by atoms with Crippen molar-refractivity contribution in [3.8, 4) is 0 Å². The van der Waals surface area contributed by atoms with Gasteiger partial charge in [-0.1, -0.05) is 146 Å². The van der Waals surface area contributed by atoms with Crippen molar-refractivity contribution in [1.82, 2.24) is 0 Å². The van der Waals surface area contributed by atoms with Crippen LogP contribution in [-0.2, 0) is 0 Å². The van der Waals surface area contributed by atoms with E-state index in [1.807, 2.05) is 0 Å². The summed E-state index contributed by atoms with van der Waals surface area (Å²) < 4.78 is 0. The van der Waals surface area contributed by atoms with E-state index in [4.69, 9.17) is 0 Å². The van der Waals surface area contributed by atoms with Crippen LogP contribution in [0.3, 0.4) is 0 Å². The Hall–Kier alpha value is -3.90. The van der Waals surface area contributed by atoms with Crippen LogP contribution in [0.1, 0.15) is 22.3 Å². The summed E-state index contributed by atoms with van der Waals surface area (Å²) in [6, 6.07) is 42.1. The van der Waals surface area contributed by atoms with E-state index in [1.165, 1.54) is 33.4 Å². The summed E-state index contributed by atoms with van der Waals surface area (Å²) in [5.41, 5.74) is 7.27. The molecule has 0 unspecified atom stereocenters. The molecule has 4 aromatic carbocycles. The lowest BCUT2D eigenvalue weighted by molar-refractivity contribution is 1.54. The normalized spacial score (nSPS) is 10.5. The van der Waals surface area contributed by atoms with Crippen LogP contribution in [0.4, 0.5) is 0 Å². The highest BCUT2D eigenvalue weighted by Crippen LogP contribution is 2.25. The Kier molecular flexibility index (Phi) is 6.50. The minimum absolute atomic E-state index is 1.21. The van der Waals surface area contributed by atoms with Crippen molar-refractivity contribution in [2.45, 2.75) is 0 Å². The largest absolute Gasteiger partial charge is 0.0622 e. The minimum atomic E-state index is 1.21. The zero-order chi connectivity index (χ0) is 20.4. The Morgan fingerprint density at radius 2 is 0.567 bits per heavy atom. The van der Waals surface area contributed by atoms with E-state index in [1.54, 1.807) is 0 Å². The molecular formula is C30H24. The van der Waals surface area contributed by atoms with Gasteiger partial charge in [0.25, 0.3) is 0 Å². The maximum Gasteiger partial charge on any atom is -0.0111 e. The third-order valence-electron chi connectivity index (χ3n) is 4.98. The molecule has 0 fully saturated rings. The van der Waals surface area contributed by atoms with Gasteiger partial charge in [-0.3, -0.25) is 0 Å². The minimum Gasteiger partial charge on any atom is -0.0622 e. The van der Waals surface area contributed by atoms with Gasteiger partial charge in [0.2, 0.25) is 0 Å². The first-order valence-electron chi connectivity index (χ1n) is 10.2. The average molecular weight is 385 g/mol. The first-order valence-corrected chi connectivity index (χ1v) is 10.2. The molecule has 0 spiro atoms. The second-order valence-corrected chi connectivity index (χ2v) is 7.01. The van der Waals surface area contributed by atoms with Crippen LogP contribution in [-0.4, -0.2) is 0 Å². The molecular weight excluding hydrogens is 360 g/mol. The van der Waals surface area contributed by atoms with Crippen LogP contribution in [0.2, 0.25) is 0 Å². The highest BCUT2D eigenvalue weighted by molar-refractivity contribution is 5.82. The molecule has 0 aliphatic rings. The zero-order valence-corrected chi connectivity index (χ0v) is 16.9. The first-order chi connectivity index (χ1) is 14.9. The van der Waals surface area contributed by atoms with Crippen molar-refractivity contribution < 1.29 is 0 Å². The topological polar surface area (TPSA) is 0 Å². The molecule has 30 heavy (non-hydrogen) atoms. The van der Waals surface area contributed by atoms with E-state index in [2.05, 4.69) is 146 Å². The molecule has 0 N–H and O–H groups in total. The quantitative estimate of drug-likeness (QED) is 0.297. The third kappa shape index (κ3) is 4.92. The monoisotopic (exact) mass is 384 g/mol. The second kappa shape index (κ2) is 10.0. The fourth-order valence-corrected chi connectivity index (χ4v) is 3.49. The maximum absolute atomic E-state index is 2.19. The second-order valence-electron chi connectivity index (χ2n) is 7.01. The summed E-state index contributed by atoms with van der Waals surface area (Å²) in [5.74, 6) is 0. The highest BCUT2D eigenvalue weighted by Gasteiger charge is 2.04. The Morgan fingerprint density at radius 1 is 0.333 bits per heavy atom. The van der Waals surface area contributed by atoms with Crippen molar-refractivity contribution in [3.63, 3.8) is 0 Å². The van der Waals surface area contributed by atoms with Gasteiger partial charge in [-0.25, -0.2) is 0 Å². The lowest BCUT2D eigenvalue weighted by Gasteiger charge is -2.08. The summed E-state index contributed by atoms with van der Waals surface area (Å²) >= 11 is 0. The summed E-state index contributed by atoms with van der Waals surface area (Å²) in [4.78, 5) is 0. The highest BCUT2D eigenvalue weighted by atomic mass is 14.1. The molecule has 0 bridgehead atoms. The molecule has 0 nitrogen and oxygen atoms in total. The smallest absolute Gasteiger partial charge is 0.0111 e. The summed E-state index contributed by atoms with van der Waals surface area (Å²) in [5, 5.41) is 0. The van der Waals surface area contributed by atoms with Crippen LogP contribution >= 0.6 is 0 Å². The van der Waals surface area contributed by atoms with Crippen molar-refractivity contribution >= 4 is 11.1 Å². The van der Waals surface area contributed by atoms with Crippen LogP contribution in [0.25, 0.3) is 11.1 Å². The number of allylic oxidation sites excluding steroid dienone is 4. The van der Waals surface area contributed by atoms with Gasteiger partial charge in [0, 0.05) is 0 Å². The fourth-order valence-electron chi connectivity index (χ4n) is 3.49. The number of hydrogen-bond acceptors (Lipinski definition) is 0. The lowest BCUT2D eigenvalue weighted by atomic mass is 9.96. The van der Waals surface area contributed by atoms with E-state index in [9.17, 15) is 0 Å². The van der Waals surface area contributed by atoms with Crippen LogP contribution in [0.15, 0.2) is 146 Å². The lowest BCUT2D eigenvalue weighted by Crippen LogP contribution is -1.87. The molecule has 0 heterocycles. The summed E-state index contributed by atoms with van der Waals surface area (Å²) in [6.45, 7) is 0. The van der Waals surface area contributed by atoms with E-state index >= 15 is 0 Å². The molecule has 0 saturated heterocycles. The van der Waals surface area contributed by atoms with E-state index in [0.29, 0.717) is 0 Å². The van der Waals surface area contributed by atoms with Crippen molar-refractivity contribution in [2.75, 3.05) is 0 Å². The van der Waals surface area contributed by atoms with Crippen molar-refractivity contribution in [1.29, 1.82) is 0 Å². The molecule has 0 saturated carbocycles. The molecule has 4 aromatic rings. The van der Waals surface area contributed by atoms with Gasteiger partial charge in [-0.05, 0) is 33.4 Å². The van der Waals surface area contributed by atoms with Crippen molar-refractivity contribution in [2.24, 2.45) is 0 Å². The SMILES string of the molecule is C(=CC=C(c1ccccc1)c1ccccc1)C=C(c1ccccc1)c1ccccc1. The van der Waals surface area contributed by atoms with Crippen molar-refractivity contribution in [3.05, 3.63) is 168 Å². The van der Waals surface area contributed by atoms with E-state index in [0.717, 1.165) is 0 Å². The Morgan fingerprint density at radius 3 is 0.800 bits per heavy atom. The zero-order valence-electron chi connectivity index (χ0n) is 16.9. The Bertz CT molecular complexity index is 956. The Balaban J connectivity index is 1.70. The standard InChI is InChI=1S/C30H24/c1-5-15-25(16-6-1)29(26-17-7-2-8-18-26)23-13-14-24-30(27-19-9-3-10-20-27)28-21-11-4-12-22-28/h1-24H. The summed E-state index contributed by atoms with van der Waals surface area (Å²) in [7, 11) is 0. The number of hydrogen-bond donors (Lipinski definition) is 0. The van der Waals surface area contributed by atoms with Crippen LogP contribution in [0.5, 0.6) is 0 Å². The predicted octanol–water partition coefficient (Wildman–Crippen LogP) is 7.81. The average Bonchev–Trinajstić information content (AvgIpc) is 2.84. The molecule has 0 heteroatoms. The molecule has 0 atom stereocenters. The molecule has 144 valence electrons. The first kappa shape index (κ1) is 19.4. The molecule has 4 rings (SSSR count). The van der Waals surface area contributed by atoms with Crippen LogP contribution in [0, 0.1) is 0 Å². The fraction of sp³-hybridized carbons (Fsp3) is 0. The maximum atomic E-state index is 2.19. The number of rotatable bonds is 6. The Labute approximate surface area is 179 Å². The molecule has 0 radical (unpaired) electrons. The molecule has 0 amide bonds. The van der Waals surface area contributed by atoms with Gasteiger partial charge in [0.1, 0.15) is 0 Å². The number of benzene rings is 4. The van der Waals surface area contributed by atoms with E-state index in [-0.39, 0.29) is 0 Å². The van der Waals surface area contributed by atoms with Gasteiger partial charge in [0.05, 0.1) is 0 Å². The van der Waals surface area contributed by atoms with Crippen LogP contribution < -0.4 is 0 Å². The molecule has 0 aromatic heterocycles. The van der Waals surface area contributed by atoms with Gasteiger partial charge in [-0.2, -0.15) is 0 Å². The summed E-state index contributed by atoms with van der Waals surface area (Å²) in [6.07, 6.45) is 8.63. The molecule has 0 aliphatic heterocycles. The third-order valence-corrected chi connectivity index (χ3v) is 4.98. The van der Waals surface area contributed by atoms with Gasteiger partial charge < -0.3 is 0 Å². The van der Waals surface area contributed by atoms with Gasteiger partial charge in [-0.15, -0.1) is 0 Å².